The number of nitrogens with zero attached hydrogens (tertiary/aromatic N) is 2. The summed E-state index contributed by atoms with van der Waals surface area (Å²) in [6, 6.07) is 16.8. The molecule has 0 spiro atoms. The van der Waals surface area contributed by atoms with E-state index >= 15 is 0 Å². The van der Waals surface area contributed by atoms with Crippen LogP contribution in [-0.2, 0) is 0 Å². The number of nitrogens with one attached hydrogen (secondary N) is 2. The Labute approximate surface area is 158 Å². The van der Waals surface area contributed by atoms with Gasteiger partial charge < -0.3 is 15.4 Å². The van der Waals surface area contributed by atoms with Crippen molar-refractivity contribution in [2.45, 2.75) is 20.8 Å². The molecular weight excluding hydrogens is 340 g/mol. The van der Waals surface area contributed by atoms with Crippen molar-refractivity contribution in [3.8, 4) is 5.75 Å². The summed E-state index contributed by atoms with van der Waals surface area (Å²) in [7, 11) is 0. The lowest BCUT2D eigenvalue weighted by Gasteiger charge is -2.12. The molecule has 3 rings (SSSR count). The van der Waals surface area contributed by atoms with Gasteiger partial charge in [0.2, 0.25) is 5.95 Å². The maximum absolute atomic E-state index is 12.6. The van der Waals surface area contributed by atoms with Crippen molar-refractivity contribution in [2.75, 3.05) is 17.2 Å². The van der Waals surface area contributed by atoms with Crippen molar-refractivity contribution >= 4 is 23.2 Å². The van der Waals surface area contributed by atoms with Gasteiger partial charge in [-0.1, -0.05) is 29.8 Å². The highest BCUT2D eigenvalue weighted by molar-refractivity contribution is 6.03. The molecule has 0 aliphatic rings. The number of hydrogen-bond acceptors (Lipinski definition) is 5. The fraction of sp³-hybridized carbons (Fsp3) is 0.190. The summed E-state index contributed by atoms with van der Waals surface area (Å²) in [5.41, 5.74) is 3.58. The van der Waals surface area contributed by atoms with E-state index in [4.69, 9.17) is 4.74 Å². The average molecular weight is 362 g/mol. The molecule has 0 unspecified atom stereocenters. The van der Waals surface area contributed by atoms with Gasteiger partial charge in [-0.3, -0.25) is 4.79 Å². The SMILES string of the molecule is CCOc1ccccc1Nc1nc(C)cc(C(=O)Nc2ccc(C)cc2)n1. The summed E-state index contributed by atoms with van der Waals surface area (Å²) in [5, 5.41) is 5.99. The van der Waals surface area contributed by atoms with Crippen LogP contribution in [0, 0.1) is 13.8 Å². The first-order chi connectivity index (χ1) is 13.0. The van der Waals surface area contributed by atoms with E-state index in [-0.39, 0.29) is 5.91 Å². The number of amides is 1. The molecule has 0 aliphatic carbocycles. The molecule has 1 amide bonds. The smallest absolute Gasteiger partial charge is 0.274 e. The molecule has 0 saturated carbocycles. The van der Waals surface area contributed by atoms with E-state index in [0.717, 1.165) is 16.9 Å². The third-order valence-corrected chi connectivity index (χ3v) is 3.83. The molecule has 1 aromatic heterocycles. The summed E-state index contributed by atoms with van der Waals surface area (Å²) in [4.78, 5) is 21.3. The average Bonchev–Trinajstić information content (AvgIpc) is 2.65. The van der Waals surface area contributed by atoms with Gasteiger partial charge in [0.25, 0.3) is 5.91 Å². The van der Waals surface area contributed by atoms with Gasteiger partial charge in [0.05, 0.1) is 12.3 Å². The number of para-hydroxylation sites is 2. The van der Waals surface area contributed by atoms with Gasteiger partial charge in [0, 0.05) is 11.4 Å². The van der Waals surface area contributed by atoms with Gasteiger partial charge in [0.15, 0.2) is 0 Å². The molecule has 0 radical (unpaired) electrons. The highest BCUT2D eigenvalue weighted by Gasteiger charge is 2.12. The first-order valence-electron chi connectivity index (χ1n) is 8.77. The zero-order chi connectivity index (χ0) is 19.2. The molecule has 6 nitrogen and oxygen atoms in total. The molecule has 2 N–H and O–H groups in total. The second-order valence-electron chi connectivity index (χ2n) is 6.09. The van der Waals surface area contributed by atoms with Crippen LogP contribution in [0.15, 0.2) is 54.6 Å². The zero-order valence-electron chi connectivity index (χ0n) is 15.6. The van der Waals surface area contributed by atoms with Crippen molar-refractivity contribution in [1.29, 1.82) is 0 Å². The first kappa shape index (κ1) is 18.4. The lowest BCUT2D eigenvalue weighted by Crippen LogP contribution is -2.15. The lowest BCUT2D eigenvalue weighted by molar-refractivity contribution is 0.102. The van der Waals surface area contributed by atoms with Gasteiger partial charge in [-0.05, 0) is 51.1 Å². The molecule has 1 heterocycles. The summed E-state index contributed by atoms with van der Waals surface area (Å²) in [6.07, 6.45) is 0. The van der Waals surface area contributed by atoms with Crippen LogP contribution < -0.4 is 15.4 Å². The molecule has 0 atom stereocenters. The third-order valence-electron chi connectivity index (χ3n) is 3.83. The van der Waals surface area contributed by atoms with Crippen LogP contribution in [0.25, 0.3) is 0 Å². The number of hydrogen-bond donors (Lipinski definition) is 2. The fourth-order valence-electron chi connectivity index (χ4n) is 2.54. The number of aromatic nitrogens is 2. The van der Waals surface area contributed by atoms with Crippen LogP contribution >= 0.6 is 0 Å². The van der Waals surface area contributed by atoms with Crippen LogP contribution in [0.1, 0.15) is 28.7 Å². The van der Waals surface area contributed by atoms with Gasteiger partial charge in [-0.25, -0.2) is 9.97 Å². The van der Waals surface area contributed by atoms with Gasteiger partial charge in [-0.15, -0.1) is 0 Å². The first-order valence-corrected chi connectivity index (χ1v) is 8.77. The number of ether oxygens (including phenoxy) is 1. The minimum absolute atomic E-state index is 0.287. The number of carbonyl (C=O) groups excluding carboxylic acids is 1. The van der Waals surface area contributed by atoms with E-state index in [2.05, 4.69) is 20.6 Å². The van der Waals surface area contributed by atoms with Crippen LogP contribution in [0.3, 0.4) is 0 Å². The summed E-state index contributed by atoms with van der Waals surface area (Å²) in [6.45, 7) is 6.30. The molecule has 0 aliphatic heterocycles. The van der Waals surface area contributed by atoms with Gasteiger partial charge in [0.1, 0.15) is 11.4 Å². The lowest BCUT2D eigenvalue weighted by atomic mass is 10.2. The van der Waals surface area contributed by atoms with Gasteiger partial charge in [-0.2, -0.15) is 0 Å². The Hall–Kier alpha value is -3.41. The number of aryl methyl sites for hydroxylation is 2. The monoisotopic (exact) mass is 362 g/mol. The van der Waals surface area contributed by atoms with E-state index < -0.39 is 0 Å². The van der Waals surface area contributed by atoms with Crippen LogP contribution in [0.4, 0.5) is 17.3 Å². The van der Waals surface area contributed by atoms with Crippen LogP contribution in [0.2, 0.25) is 0 Å². The standard InChI is InChI=1S/C21H22N4O2/c1-4-27-19-8-6-5-7-17(19)24-21-22-15(3)13-18(25-21)20(26)23-16-11-9-14(2)10-12-16/h5-13H,4H2,1-3H3,(H,23,26)(H,22,24,25). The Morgan fingerprint density at radius 1 is 1.04 bits per heavy atom. The van der Waals surface area contributed by atoms with Crippen LogP contribution in [0.5, 0.6) is 5.75 Å². The minimum Gasteiger partial charge on any atom is -0.492 e. The van der Waals surface area contributed by atoms with Crippen molar-refractivity contribution in [3.63, 3.8) is 0 Å². The molecule has 6 heteroatoms. The predicted octanol–water partition coefficient (Wildman–Crippen LogP) is 4.49. The molecule has 27 heavy (non-hydrogen) atoms. The summed E-state index contributed by atoms with van der Waals surface area (Å²) in [5.74, 6) is 0.762. The molecule has 0 fully saturated rings. The zero-order valence-corrected chi connectivity index (χ0v) is 15.6. The quantitative estimate of drug-likeness (QED) is 0.676. The Kier molecular flexibility index (Phi) is 5.66. The van der Waals surface area contributed by atoms with E-state index in [1.54, 1.807) is 6.07 Å². The van der Waals surface area contributed by atoms with E-state index in [9.17, 15) is 4.79 Å². The summed E-state index contributed by atoms with van der Waals surface area (Å²) < 4.78 is 5.61. The predicted molar refractivity (Wildman–Crippen MR) is 107 cm³/mol. The second-order valence-corrected chi connectivity index (χ2v) is 6.09. The Morgan fingerprint density at radius 2 is 1.78 bits per heavy atom. The Balaban J connectivity index is 1.82. The maximum atomic E-state index is 12.6. The fourth-order valence-corrected chi connectivity index (χ4v) is 2.54. The van der Waals surface area contributed by atoms with Crippen molar-refractivity contribution in [2.24, 2.45) is 0 Å². The van der Waals surface area contributed by atoms with E-state index in [0.29, 0.717) is 29.7 Å². The molecule has 0 bridgehead atoms. The van der Waals surface area contributed by atoms with Crippen molar-refractivity contribution in [1.82, 2.24) is 9.97 Å². The normalized spacial score (nSPS) is 10.3. The largest absolute Gasteiger partial charge is 0.492 e. The van der Waals surface area contributed by atoms with Crippen molar-refractivity contribution in [3.05, 3.63) is 71.5 Å². The topological polar surface area (TPSA) is 76.1 Å². The Morgan fingerprint density at radius 3 is 2.52 bits per heavy atom. The van der Waals surface area contributed by atoms with Gasteiger partial charge >= 0.3 is 0 Å². The second kappa shape index (κ2) is 8.31. The number of anilines is 3. The van der Waals surface area contributed by atoms with E-state index in [1.807, 2.05) is 69.3 Å². The highest BCUT2D eigenvalue weighted by atomic mass is 16.5. The molecule has 3 aromatic rings. The van der Waals surface area contributed by atoms with Crippen LogP contribution in [-0.4, -0.2) is 22.5 Å². The third kappa shape index (κ3) is 4.82. The molecule has 138 valence electrons. The van der Waals surface area contributed by atoms with Crippen molar-refractivity contribution < 1.29 is 9.53 Å². The maximum Gasteiger partial charge on any atom is 0.274 e. The molecular formula is C21H22N4O2. The van der Waals surface area contributed by atoms with E-state index in [1.165, 1.54) is 0 Å². The molecule has 0 saturated heterocycles. The number of benzene rings is 2. The number of rotatable bonds is 6. The molecule has 2 aromatic carbocycles. The Bertz CT molecular complexity index is 939. The highest BCUT2D eigenvalue weighted by Crippen LogP contribution is 2.26. The minimum atomic E-state index is -0.287. The summed E-state index contributed by atoms with van der Waals surface area (Å²) >= 11 is 0. The number of carbonyl (C=O) groups is 1.